The summed E-state index contributed by atoms with van der Waals surface area (Å²) in [6.45, 7) is -2.89. The van der Waals surface area contributed by atoms with Crippen LogP contribution in [0.15, 0.2) is 48.5 Å². The molecule has 2 rings (SSSR count). The summed E-state index contributed by atoms with van der Waals surface area (Å²) >= 11 is 0. The van der Waals surface area contributed by atoms with Gasteiger partial charge in [-0.1, -0.05) is 30.3 Å². The number of rotatable bonds is 5. The number of benzene rings is 2. The second kappa shape index (κ2) is 6.43. The summed E-state index contributed by atoms with van der Waals surface area (Å²) in [5, 5.41) is 10.0. The topological polar surface area (TPSA) is 29.5 Å². The Morgan fingerprint density at radius 2 is 1.65 bits per heavy atom. The number of aliphatic hydroxyl groups is 1. The second-order valence-corrected chi connectivity index (χ2v) is 4.26. The average Bonchev–Trinajstić information content (AvgIpc) is 2.41. The molecule has 5 heteroatoms. The van der Waals surface area contributed by atoms with Crippen LogP contribution in [0, 0.1) is 5.82 Å². The van der Waals surface area contributed by atoms with Crippen LogP contribution in [0.1, 0.15) is 17.2 Å². The Hall–Kier alpha value is -2.01. The summed E-state index contributed by atoms with van der Waals surface area (Å²) in [7, 11) is 0. The van der Waals surface area contributed by atoms with Crippen molar-refractivity contribution < 1.29 is 23.0 Å². The predicted octanol–water partition coefficient (Wildman–Crippen LogP) is 3.70. The van der Waals surface area contributed by atoms with Crippen LogP contribution in [0.2, 0.25) is 0 Å². The summed E-state index contributed by atoms with van der Waals surface area (Å²) in [6.07, 6.45) is -0.797. The van der Waals surface area contributed by atoms with Gasteiger partial charge in [0.1, 0.15) is 11.6 Å². The molecule has 0 fully saturated rings. The van der Waals surface area contributed by atoms with E-state index in [9.17, 15) is 18.3 Å². The van der Waals surface area contributed by atoms with E-state index in [0.717, 1.165) is 0 Å². The van der Waals surface area contributed by atoms with Crippen LogP contribution in [0.5, 0.6) is 5.75 Å². The molecule has 0 heterocycles. The minimum absolute atomic E-state index is 0.0156. The molecule has 0 aliphatic rings. The molecule has 0 aliphatic heterocycles. The van der Waals surface area contributed by atoms with Crippen LogP contribution < -0.4 is 4.74 Å². The number of ether oxygens (including phenoxy) is 1. The SMILES string of the molecule is OC(Cc1ccccc1F)c1ccc(OC(F)F)cc1. The third-order valence-corrected chi connectivity index (χ3v) is 2.86. The molecule has 0 bridgehead atoms. The quantitative estimate of drug-likeness (QED) is 0.906. The van der Waals surface area contributed by atoms with Crippen LogP contribution in [-0.2, 0) is 6.42 Å². The normalized spacial score (nSPS) is 12.4. The largest absolute Gasteiger partial charge is 0.435 e. The standard InChI is InChI=1S/C15H13F3O2/c16-13-4-2-1-3-11(13)9-14(19)10-5-7-12(8-6-10)20-15(17)18/h1-8,14-15,19H,9H2. The fourth-order valence-electron chi connectivity index (χ4n) is 1.86. The molecule has 0 spiro atoms. The van der Waals surface area contributed by atoms with Gasteiger partial charge in [0.05, 0.1) is 6.10 Å². The molecule has 0 radical (unpaired) electrons. The summed E-state index contributed by atoms with van der Waals surface area (Å²) in [6, 6.07) is 11.8. The van der Waals surface area contributed by atoms with E-state index >= 15 is 0 Å². The fraction of sp³-hybridized carbons (Fsp3) is 0.200. The first-order valence-electron chi connectivity index (χ1n) is 6.02. The highest BCUT2D eigenvalue weighted by Crippen LogP contribution is 2.23. The molecule has 0 saturated heterocycles. The molecule has 2 aromatic carbocycles. The molecule has 2 aromatic rings. The molecule has 0 aromatic heterocycles. The van der Waals surface area contributed by atoms with E-state index in [1.165, 1.54) is 30.3 Å². The Balaban J connectivity index is 2.06. The van der Waals surface area contributed by atoms with Crippen molar-refractivity contribution in [3.05, 3.63) is 65.5 Å². The first-order valence-corrected chi connectivity index (χ1v) is 6.02. The minimum atomic E-state index is -2.89. The summed E-state index contributed by atoms with van der Waals surface area (Å²) in [4.78, 5) is 0. The molecular weight excluding hydrogens is 269 g/mol. The van der Waals surface area contributed by atoms with Crippen molar-refractivity contribution in [1.29, 1.82) is 0 Å². The summed E-state index contributed by atoms with van der Waals surface area (Å²) in [5.74, 6) is -0.369. The van der Waals surface area contributed by atoms with Crippen molar-refractivity contribution in [2.24, 2.45) is 0 Å². The van der Waals surface area contributed by atoms with Gasteiger partial charge in [-0.15, -0.1) is 0 Å². The lowest BCUT2D eigenvalue weighted by Gasteiger charge is -2.12. The number of halogens is 3. The zero-order valence-corrected chi connectivity index (χ0v) is 10.5. The van der Waals surface area contributed by atoms with Gasteiger partial charge in [-0.05, 0) is 29.3 Å². The first-order chi connectivity index (χ1) is 9.56. The van der Waals surface area contributed by atoms with E-state index in [1.807, 2.05) is 0 Å². The summed E-state index contributed by atoms with van der Waals surface area (Å²) < 4.78 is 41.7. The van der Waals surface area contributed by atoms with Gasteiger partial charge in [-0.2, -0.15) is 8.78 Å². The highest BCUT2D eigenvalue weighted by atomic mass is 19.3. The van der Waals surface area contributed by atoms with Crippen LogP contribution in [0.25, 0.3) is 0 Å². The maximum Gasteiger partial charge on any atom is 0.387 e. The van der Waals surface area contributed by atoms with Gasteiger partial charge in [0.2, 0.25) is 0 Å². The van der Waals surface area contributed by atoms with E-state index in [1.54, 1.807) is 18.2 Å². The number of aliphatic hydroxyl groups excluding tert-OH is 1. The van der Waals surface area contributed by atoms with Crippen molar-refractivity contribution in [2.75, 3.05) is 0 Å². The first kappa shape index (κ1) is 14.4. The van der Waals surface area contributed by atoms with Gasteiger partial charge in [0.15, 0.2) is 0 Å². The molecule has 1 N–H and O–H groups in total. The zero-order chi connectivity index (χ0) is 14.5. The van der Waals surface area contributed by atoms with E-state index in [4.69, 9.17) is 0 Å². The third-order valence-electron chi connectivity index (χ3n) is 2.86. The van der Waals surface area contributed by atoms with Gasteiger partial charge in [-0.25, -0.2) is 4.39 Å². The number of alkyl halides is 2. The lowest BCUT2D eigenvalue weighted by Crippen LogP contribution is -2.05. The lowest BCUT2D eigenvalue weighted by molar-refractivity contribution is -0.0498. The molecule has 1 unspecified atom stereocenters. The number of hydrogen-bond acceptors (Lipinski definition) is 2. The minimum Gasteiger partial charge on any atom is -0.435 e. The Labute approximate surface area is 114 Å². The Kier molecular flexibility index (Phi) is 4.63. The molecule has 0 saturated carbocycles. The Morgan fingerprint density at radius 3 is 2.25 bits per heavy atom. The van der Waals surface area contributed by atoms with Crippen LogP contribution in [0.3, 0.4) is 0 Å². The van der Waals surface area contributed by atoms with E-state index < -0.39 is 12.7 Å². The maximum atomic E-state index is 13.5. The summed E-state index contributed by atoms with van der Waals surface area (Å²) in [5.41, 5.74) is 0.905. The smallest absolute Gasteiger partial charge is 0.387 e. The highest BCUT2D eigenvalue weighted by Gasteiger charge is 2.12. The average molecular weight is 282 g/mol. The fourth-order valence-corrected chi connectivity index (χ4v) is 1.86. The van der Waals surface area contributed by atoms with E-state index in [2.05, 4.69) is 4.74 Å². The Morgan fingerprint density at radius 1 is 1.00 bits per heavy atom. The molecule has 106 valence electrons. The van der Waals surface area contributed by atoms with Crippen LogP contribution in [0.4, 0.5) is 13.2 Å². The van der Waals surface area contributed by atoms with Crippen molar-refractivity contribution in [1.82, 2.24) is 0 Å². The van der Waals surface area contributed by atoms with Crippen LogP contribution >= 0.6 is 0 Å². The molecule has 0 amide bonds. The Bertz CT molecular complexity index is 555. The van der Waals surface area contributed by atoms with Gasteiger partial charge in [0, 0.05) is 6.42 Å². The van der Waals surface area contributed by atoms with Gasteiger partial charge in [0.25, 0.3) is 0 Å². The zero-order valence-electron chi connectivity index (χ0n) is 10.5. The van der Waals surface area contributed by atoms with Gasteiger partial charge >= 0.3 is 6.61 Å². The predicted molar refractivity (Wildman–Crippen MR) is 68.1 cm³/mol. The van der Waals surface area contributed by atoms with E-state index in [0.29, 0.717) is 11.1 Å². The highest BCUT2D eigenvalue weighted by molar-refractivity contribution is 5.30. The lowest BCUT2D eigenvalue weighted by atomic mass is 10.0. The maximum absolute atomic E-state index is 13.5. The number of hydrogen-bond donors (Lipinski definition) is 1. The molecule has 2 nitrogen and oxygen atoms in total. The van der Waals surface area contributed by atoms with Crippen molar-refractivity contribution in [3.63, 3.8) is 0 Å². The van der Waals surface area contributed by atoms with Crippen molar-refractivity contribution in [2.45, 2.75) is 19.1 Å². The van der Waals surface area contributed by atoms with Gasteiger partial charge < -0.3 is 9.84 Å². The molecule has 0 aliphatic carbocycles. The molecular formula is C15H13F3O2. The van der Waals surface area contributed by atoms with E-state index in [-0.39, 0.29) is 18.0 Å². The molecule has 20 heavy (non-hydrogen) atoms. The molecule has 1 atom stereocenters. The van der Waals surface area contributed by atoms with Gasteiger partial charge in [-0.3, -0.25) is 0 Å². The van der Waals surface area contributed by atoms with Crippen LogP contribution in [-0.4, -0.2) is 11.7 Å². The second-order valence-electron chi connectivity index (χ2n) is 4.26. The third kappa shape index (κ3) is 3.74. The monoisotopic (exact) mass is 282 g/mol. The van der Waals surface area contributed by atoms with Crippen molar-refractivity contribution in [3.8, 4) is 5.75 Å². The van der Waals surface area contributed by atoms with Crippen molar-refractivity contribution >= 4 is 0 Å².